The molecule has 0 bridgehead atoms. The molecule has 0 radical (unpaired) electrons. The lowest BCUT2D eigenvalue weighted by Crippen LogP contribution is -2.67. The van der Waals surface area contributed by atoms with Crippen LogP contribution in [0.15, 0.2) is 78.9 Å². The monoisotopic (exact) mass is 685 g/mol. The average molecular weight is 686 g/mol. The molecule has 49 heavy (non-hydrogen) atoms. The Kier molecular flexibility index (Phi) is 10.5. The molecule has 2 amide bonds. The van der Waals surface area contributed by atoms with E-state index in [1.807, 2.05) is 64.1 Å². The van der Waals surface area contributed by atoms with Crippen molar-refractivity contribution in [2.75, 3.05) is 33.4 Å². The Bertz CT molecular complexity index is 1750. The highest BCUT2D eigenvalue weighted by molar-refractivity contribution is 6.99. The molecule has 1 saturated heterocycles. The van der Waals surface area contributed by atoms with Crippen molar-refractivity contribution in [3.8, 4) is 5.88 Å². The minimum absolute atomic E-state index is 0.0745. The van der Waals surface area contributed by atoms with Crippen molar-refractivity contribution < 1.29 is 27.9 Å². The molecule has 1 fully saturated rings. The van der Waals surface area contributed by atoms with Crippen LogP contribution in [0.5, 0.6) is 5.88 Å². The zero-order valence-corrected chi connectivity index (χ0v) is 30.9. The van der Waals surface area contributed by atoms with Gasteiger partial charge in [-0.3, -0.25) is 4.79 Å². The van der Waals surface area contributed by atoms with Gasteiger partial charge in [-0.25, -0.2) is 14.2 Å². The predicted molar refractivity (Wildman–Crippen MR) is 194 cm³/mol. The van der Waals surface area contributed by atoms with E-state index in [0.29, 0.717) is 29.8 Å². The highest BCUT2D eigenvalue weighted by atomic mass is 28.4. The number of ether oxygens (including phenoxy) is 2. The second-order valence-electron chi connectivity index (χ2n) is 14.7. The fourth-order valence-corrected chi connectivity index (χ4v) is 11.4. The molecule has 3 aromatic carbocycles. The van der Waals surface area contributed by atoms with E-state index >= 15 is 4.39 Å². The third-order valence-corrected chi connectivity index (χ3v) is 14.1. The van der Waals surface area contributed by atoms with E-state index < -0.39 is 37.8 Å². The number of hydrogen-bond donors (Lipinski definition) is 0. The van der Waals surface area contributed by atoms with Gasteiger partial charge in [0.05, 0.1) is 24.2 Å². The van der Waals surface area contributed by atoms with Crippen molar-refractivity contribution >= 4 is 41.6 Å². The molecule has 8 nitrogen and oxygen atoms in total. The highest BCUT2D eigenvalue weighted by Gasteiger charge is 2.50. The number of halogens is 1. The molecular formula is C39H48FN3O5Si. The smallest absolute Gasteiger partial charge is 0.410 e. The van der Waals surface area contributed by atoms with Gasteiger partial charge in [0.25, 0.3) is 14.2 Å². The molecule has 1 aromatic heterocycles. The lowest BCUT2D eigenvalue weighted by molar-refractivity contribution is 0.00192. The summed E-state index contributed by atoms with van der Waals surface area (Å²) in [6, 6.07) is 24.9. The molecule has 2 heterocycles. The van der Waals surface area contributed by atoms with E-state index in [-0.39, 0.29) is 30.2 Å². The largest absolute Gasteiger partial charge is 0.481 e. The van der Waals surface area contributed by atoms with Gasteiger partial charge < -0.3 is 23.7 Å². The molecule has 1 aliphatic heterocycles. The van der Waals surface area contributed by atoms with Crippen molar-refractivity contribution in [3.05, 3.63) is 95.8 Å². The van der Waals surface area contributed by atoms with Crippen molar-refractivity contribution in [1.82, 2.24) is 14.8 Å². The second kappa shape index (κ2) is 14.3. The van der Waals surface area contributed by atoms with Crippen LogP contribution in [0.25, 0.3) is 10.9 Å². The topological polar surface area (TPSA) is 81.2 Å². The summed E-state index contributed by atoms with van der Waals surface area (Å²) in [5, 5.41) is 2.65. The first-order chi connectivity index (χ1) is 23.1. The first-order valence-corrected chi connectivity index (χ1v) is 18.7. The Morgan fingerprint density at radius 1 is 0.918 bits per heavy atom. The number of amides is 2. The fraction of sp³-hybridized carbons (Fsp3) is 0.410. The summed E-state index contributed by atoms with van der Waals surface area (Å²) in [7, 11) is -1.33. The van der Waals surface area contributed by atoms with E-state index in [1.54, 1.807) is 15.9 Å². The quantitative estimate of drug-likeness (QED) is 0.192. The van der Waals surface area contributed by atoms with Crippen molar-refractivity contribution in [1.29, 1.82) is 0 Å². The van der Waals surface area contributed by atoms with Crippen molar-refractivity contribution in [3.63, 3.8) is 0 Å². The van der Waals surface area contributed by atoms with Crippen LogP contribution in [0.1, 0.15) is 63.9 Å². The number of aryl methyl sites for hydroxylation is 1. The third-order valence-electron chi connectivity index (χ3n) is 9.05. The minimum Gasteiger partial charge on any atom is -0.481 e. The lowest BCUT2D eigenvalue weighted by atomic mass is 10.0. The molecule has 0 saturated carbocycles. The van der Waals surface area contributed by atoms with E-state index in [1.165, 1.54) is 19.2 Å². The van der Waals surface area contributed by atoms with Crippen LogP contribution in [-0.4, -0.2) is 80.1 Å². The molecule has 0 spiro atoms. The molecule has 0 aliphatic carbocycles. The van der Waals surface area contributed by atoms with Gasteiger partial charge in [-0.2, -0.15) is 0 Å². The molecule has 5 rings (SSSR count). The van der Waals surface area contributed by atoms with Crippen molar-refractivity contribution in [2.45, 2.75) is 71.6 Å². The van der Waals surface area contributed by atoms with Gasteiger partial charge >= 0.3 is 6.09 Å². The summed E-state index contributed by atoms with van der Waals surface area (Å²) in [4.78, 5) is 35.3. The Labute approximate surface area is 290 Å². The number of fused-ring (bicyclic) bond motifs is 1. The summed E-state index contributed by atoms with van der Waals surface area (Å²) in [6.45, 7) is 15.0. The van der Waals surface area contributed by atoms with Crippen molar-refractivity contribution in [2.24, 2.45) is 0 Å². The van der Waals surface area contributed by atoms with E-state index in [0.717, 1.165) is 15.9 Å². The van der Waals surface area contributed by atoms with Gasteiger partial charge in [0.1, 0.15) is 11.4 Å². The van der Waals surface area contributed by atoms with Crippen LogP contribution in [0.2, 0.25) is 5.04 Å². The summed E-state index contributed by atoms with van der Waals surface area (Å²) in [5.74, 6) is -0.664. The third kappa shape index (κ3) is 7.65. The summed E-state index contributed by atoms with van der Waals surface area (Å²) < 4.78 is 33.9. The Morgan fingerprint density at radius 3 is 2.08 bits per heavy atom. The maximum Gasteiger partial charge on any atom is 0.410 e. The molecule has 1 atom stereocenters. The zero-order chi connectivity index (χ0) is 35.6. The molecule has 0 N–H and O–H groups in total. The van der Waals surface area contributed by atoms with Crippen LogP contribution < -0.4 is 15.1 Å². The first-order valence-electron chi connectivity index (χ1n) is 16.8. The maximum atomic E-state index is 15.7. The van der Waals surface area contributed by atoms with Crippen LogP contribution in [0.3, 0.4) is 0 Å². The lowest BCUT2D eigenvalue weighted by Gasteiger charge is -2.45. The van der Waals surface area contributed by atoms with Crippen LogP contribution in [-0.2, 0) is 9.16 Å². The molecule has 1 aliphatic rings. The maximum absolute atomic E-state index is 15.7. The van der Waals surface area contributed by atoms with Crippen LogP contribution in [0.4, 0.5) is 9.18 Å². The first kappa shape index (κ1) is 36.0. The fourth-order valence-electron chi connectivity index (χ4n) is 6.78. The number of hydrogen-bond acceptors (Lipinski definition) is 6. The van der Waals surface area contributed by atoms with Crippen LogP contribution in [0, 0.1) is 12.7 Å². The number of carbonyl (C=O) groups is 2. The van der Waals surface area contributed by atoms with Gasteiger partial charge in [0.2, 0.25) is 5.88 Å². The van der Waals surface area contributed by atoms with E-state index in [4.69, 9.17) is 13.9 Å². The molecule has 260 valence electrons. The number of piperazine rings is 1. The normalized spacial score (nSPS) is 15.7. The highest BCUT2D eigenvalue weighted by Crippen LogP contribution is 2.37. The number of rotatable bonds is 8. The second-order valence-corrected chi connectivity index (χ2v) is 19.0. The van der Waals surface area contributed by atoms with Crippen LogP contribution >= 0.6 is 0 Å². The molecule has 0 unspecified atom stereocenters. The number of methoxy groups -OCH3 is 1. The Balaban J connectivity index is 1.49. The number of aromatic nitrogens is 1. The summed E-state index contributed by atoms with van der Waals surface area (Å²) in [5.41, 5.74) is 0.486. The Hall–Kier alpha value is -4.28. The molecule has 4 aromatic rings. The number of benzene rings is 3. The summed E-state index contributed by atoms with van der Waals surface area (Å²) in [6.07, 6.45) is -0.0169. The van der Waals surface area contributed by atoms with E-state index in [2.05, 4.69) is 50.0 Å². The van der Waals surface area contributed by atoms with Gasteiger partial charge in [-0.15, -0.1) is 0 Å². The van der Waals surface area contributed by atoms with Gasteiger partial charge in [-0.05, 0) is 67.7 Å². The van der Waals surface area contributed by atoms with E-state index in [9.17, 15) is 9.59 Å². The zero-order valence-electron chi connectivity index (χ0n) is 29.9. The standard InChI is InChI=1S/C39H48FN3O5Si/c1-27-23-28-24-33(40)32(25-34(28)41-35(27)46-8)36(44)43-21-20-42(37(45)48-38(2,3)4)26-29(43)19-22-47-49(39(5,6)7,30-15-11-9-12-16-30)31-17-13-10-14-18-31/h9-18,23-25,29H,19-22,26H2,1-8H3/t29-/m1/s1. The number of nitrogens with zero attached hydrogens (tertiary/aromatic N) is 3. The summed E-state index contributed by atoms with van der Waals surface area (Å²) >= 11 is 0. The SMILES string of the molecule is COc1nc2cc(C(=O)N3CCN(C(=O)OC(C)(C)C)C[C@H]3CCO[Si](c3ccccc3)(c3ccccc3)C(C)(C)C)c(F)cc2cc1C. The molecular weight excluding hydrogens is 638 g/mol. The van der Waals surface area contributed by atoms with Gasteiger partial charge in [0, 0.05) is 37.2 Å². The number of pyridine rings is 1. The predicted octanol–water partition coefficient (Wildman–Crippen LogP) is 6.72. The van der Waals surface area contributed by atoms with Gasteiger partial charge in [0.15, 0.2) is 0 Å². The van der Waals surface area contributed by atoms with Gasteiger partial charge in [-0.1, -0.05) is 81.4 Å². The number of carbonyl (C=O) groups excluding carboxylic acids is 2. The minimum atomic E-state index is -2.86. The molecule has 10 heteroatoms. The Morgan fingerprint density at radius 2 is 1.53 bits per heavy atom. The average Bonchev–Trinajstić information content (AvgIpc) is 3.05.